The van der Waals surface area contributed by atoms with E-state index >= 15 is 0 Å². The Hall–Kier alpha value is -1.63. The number of nitrogens with one attached hydrogen (secondary N) is 1. The van der Waals surface area contributed by atoms with Gasteiger partial charge in [-0.05, 0) is 38.8 Å². The predicted molar refractivity (Wildman–Crippen MR) is 91.7 cm³/mol. The van der Waals surface area contributed by atoms with Crippen LogP contribution in [0.3, 0.4) is 0 Å². The largest absolute Gasteiger partial charge is 0.339 e. The first-order valence-corrected chi connectivity index (χ1v) is 9.44. The fourth-order valence-corrected chi connectivity index (χ4v) is 4.53. The number of likely N-dealkylation sites (tertiary alicyclic amines) is 1. The van der Waals surface area contributed by atoms with Crippen LogP contribution in [0.1, 0.15) is 38.5 Å². The number of rotatable bonds is 3. The standard InChI is InChI=1S/C17H28N6O/c24-16(14-5-7-21(8-6-14)15-3-1-2-4-15)22-9-11-23(12-10-22)17-18-13-19-20-17/h13-15H,1-12H2,(H,18,19,20). The third-order valence-corrected chi connectivity index (χ3v) is 6.01. The van der Waals surface area contributed by atoms with Crippen molar-refractivity contribution in [3.63, 3.8) is 0 Å². The Labute approximate surface area is 143 Å². The Morgan fingerprint density at radius 2 is 1.71 bits per heavy atom. The predicted octanol–water partition coefficient (Wildman–Crippen LogP) is 1.11. The molecule has 24 heavy (non-hydrogen) atoms. The molecule has 1 amide bonds. The molecule has 3 fully saturated rings. The average molecular weight is 332 g/mol. The van der Waals surface area contributed by atoms with Gasteiger partial charge < -0.3 is 14.7 Å². The van der Waals surface area contributed by atoms with E-state index in [2.05, 4.69) is 29.9 Å². The van der Waals surface area contributed by atoms with Crippen molar-refractivity contribution in [2.45, 2.75) is 44.6 Å². The second kappa shape index (κ2) is 7.09. The number of hydrogen-bond donors (Lipinski definition) is 1. The summed E-state index contributed by atoms with van der Waals surface area (Å²) in [5, 5.41) is 6.80. The van der Waals surface area contributed by atoms with Gasteiger partial charge in [0.2, 0.25) is 11.9 Å². The van der Waals surface area contributed by atoms with E-state index < -0.39 is 0 Å². The van der Waals surface area contributed by atoms with E-state index in [0.717, 1.165) is 64.1 Å². The highest BCUT2D eigenvalue weighted by Gasteiger charge is 2.33. The molecular formula is C17H28N6O. The average Bonchev–Trinajstić information content (AvgIpc) is 3.35. The summed E-state index contributed by atoms with van der Waals surface area (Å²) in [5.41, 5.74) is 0. The molecule has 1 N–H and O–H groups in total. The van der Waals surface area contributed by atoms with Crippen molar-refractivity contribution in [3.05, 3.63) is 6.33 Å². The molecule has 1 saturated carbocycles. The fourth-order valence-electron chi connectivity index (χ4n) is 4.53. The SMILES string of the molecule is O=C(C1CCN(C2CCCC2)CC1)N1CCN(c2ncn[nH]2)CC1. The molecule has 7 nitrogen and oxygen atoms in total. The van der Waals surface area contributed by atoms with Crippen molar-refractivity contribution in [2.24, 2.45) is 5.92 Å². The Morgan fingerprint density at radius 1 is 1.00 bits per heavy atom. The Morgan fingerprint density at radius 3 is 2.33 bits per heavy atom. The maximum atomic E-state index is 12.8. The molecule has 0 aromatic carbocycles. The quantitative estimate of drug-likeness (QED) is 0.898. The van der Waals surface area contributed by atoms with Gasteiger partial charge in [0.25, 0.3) is 0 Å². The third kappa shape index (κ3) is 3.27. The van der Waals surface area contributed by atoms with Crippen LogP contribution >= 0.6 is 0 Å². The van der Waals surface area contributed by atoms with Crippen molar-refractivity contribution in [2.75, 3.05) is 44.2 Å². The molecule has 2 saturated heterocycles. The number of piperidine rings is 1. The van der Waals surface area contributed by atoms with Gasteiger partial charge >= 0.3 is 0 Å². The van der Waals surface area contributed by atoms with Gasteiger partial charge in [-0.1, -0.05) is 12.8 Å². The monoisotopic (exact) mass is 332 g/mol. The first-order chi connectivity index (χ1) is 11.8. The third-order valence-electron chi connectivity index (χ3n) is 6.01. The van der Waals surface area contributed by atoms with E-state index in [1.807, 2.05) is 0 Å². The van der Waals surface area contributed by atoms with Crippen molar-refractivity contribution in [1.29, 1.82) is 0 Å². The minimum Gasteiger partial charge on any atom is -0.339 e. The van der Waals surface area contributed by atoms with Crippen LogP contribution < -0.4 is 4.90 Å². The van der Waals surface area contributed by atoms with Crippen LogP contribution in [-0.4, -0.2) is 76.2 Å². The Balaban J connectivity index is 1.25. The van der Waals surface area contributed by atoms with Gasteiger partial charge in [-0.15, -0.1) is 0 Å². The smallest absolute Gasteiger partial charge is 0.225 e. The molecule has 1 aliphatic carbocycles. The van der Waals surface area contributed by atoms with Gasteiger partial charge in [0.1, 0.15) is 6.33 Å². The summed E-state index contributed by atoms with van der Waals surface area (Å²) in [4.78, 5) is 23.9. The molecule has 0 atom stereocenters. The van der Waals surface area contributed by atoms with Gasteiger partial charge in [0.15, 0.2) is 0 Å². The van der Waals surface area contributed by atoms with E-state index in [9.17, 15) is 4.79 Å². The molecule has 4 rings (SSSR count). The number of H-pyrrole nitrogens is 1. The van der Waals surface area contributed by atoms with Gasteiger partial charge in [-0.25, -0.2) is 5.10 Å². The first kappa shape index (κ1) is 15.9. The summed E-state index contributed by atoms with van der Waals surface area (Å²) in [6.07, 6.45) is 9.11. The van der Waals surface area contributed by atoms with E-state index in [1.165, 1.54) is 32.0 Å². The van der Waals surface area contributed by atoms with Gasteiger partial charge in [0, 0.05) is 38.1 Å². The second-order valence-electron chi connectivity index (χ2n) is 7.37. The number of piperazine rings is 1. The van der Waals surface area contributed by atoms with E-state index in [1.54, 1.807) is 0 Å². The van der Waals surface area contributed by atoms with Crippen LogP contribution in [0.15, 0.2) is 6.33 Å². The van der Waals surface area contributed by atoms with Crippen LogP contribution in [0.5, 0.6) is 0 Å². The molecule has 0 radical (unpaired) electrons. The summed E-state index contributed by atoms with van der Waals surface area (Å²) < 4.78 is 0. The van der Waals surface area contributed by atoms with Crippen LogP contribution in [0, 0.1) is 5.92 Å². The van der Waals surface area contributed by atoms with E-state index in [0.29, 0.717) is 5.91 Å². The van der Waals surface area contributed by atoms with Crippen molar-refractivity contribution >= 4 is 11.9 Å². The minimum atomic E-state index is 0.236. The van der Waals surface area contributed by atoms with Crippen molar-refractivity contribution < 1.29 is 4.79 Å². The highest BCUT2D eigenvalue weighted by Crippen LogP contribution is 2.28. The Bertz CT molecular complexity index is 525. The van der Waals surface area contributed by atoms with Gasteiger partial charge in [-0.2, -0.15) is 10.1 Å². The lowest BCUT2D eigenvalue weighted by atomic mass is 9.93. The lowest BCUT2D eigenvalue weighted by Crippen LogP contribution is -2.52. The zero-order chi connectivity index (χ0) is 16.4. The Kier molecular flexibility index (Phi) is 4.69. The van der Waals surface area contributed by atoms with Crippen LogP contribution in [0.2, 0.25) is 0 Å². The number of carbonyl (C=O) groups excluding carboxylic acids is 1. The lowest BCUT2D eigenvalue weighted by Gasteiger charge is -2.39. The normalized spacial score (nSPS) is 24.7. The summed E-state index contributed by atoms with van der Waals surface area (Å²) in [5.74, 6) is 1.42. The number of hydrogen-bond acceptors (Lipinski definition) is 5. The number of anilines is 1. The first-order valence-electron chi connectivity index (χ1n) is 9.44. The molecule has 1 aromatic heterocycles. The molecule has 3 heterocycles. The molecule has 0 spiro atoms. The zero-order valence-electron chi connectivity index (χ0n) is 14.4. The molecule has 1 aromatic rings. The van der Waals surface area contributed by atoms with Crippen LogP contribution in [0.25, 0.3) is 0 Å². The van der Waals surface area contributed by atoms with Crippen molar-refractivity contribution in [3.8, 4) is 0 Å². The van der Waals surface area contributed by atoms with E-state index in [-0.39, 0.29) is 5.92 Å². The molecule has 0 unspecified atom stereocenters. The minimum absolute atomic E-state index is 0.236. The molecular weight excluding hydrogens is 304 g/mol. The number of carbonyl (C=O) groups is 1. The van der Waals surface area contributed by atoms with Crippen LogP contribution in [-0.2, 0) is 4.79 Å². The maximum Gasteiger partial charge on any atom is 0.225 e. The van der Waals surface area contributed by atoms with Crippen molar-refractivity contribution in [1.82, 2.24) is 25.0 Å². The molecule has 2 aliphatic heterocycles. The summed E-state index contributed by atoms with van der Waals surface area (Å²) in [6.45, 7) is 5.48. The highest BCUT2D eigenvalue weighted by molar-refractivity contribution is 5.79. The fraction of sp³-hybridized carbons (Fsp3) is 0.824. The number of aromatic nitrogens is 3. The summed E-state index contributed by atoms with van der Waals surface area (Å²) in [6, 6.07) is 0.798. The molecule has 132 valence electrons. The number of amides is 1. The van der Waals surface area contributed by atoms with Crippen LogP contribution in [0.4, 0.5) is 5.95 Å². The maximum absolute atomic E-state index is 12.8. The lowest BCUT2D eigenvalue weighted by molar-refractivity contribution is -0.137. The molecule has 0 bridgehead atoms. The summed E-state index contributed by atoms with van der Waals surface area (Å²) in [7, 11) is 0. The molecule has 7 heteroatoms. The topological polar surface area (TPSA) is 68.4 Å². The van der Waals surface area contributed by atoms with Gasteiger partial charge in [-0.3, -0.25) is 4.79 Å². The zero-order valence-corrected chi connectivity index (χ0v) is 14.4. The number of aromatic amines is 1. The van der Waals surface area contributed by atoms with Gasteiger partial charge in [0.05, 0.1) is 0 Å². The number of nitrogens with zero attached hydrogens (tertiary/aromatic N) is 5. The second-order valence-corrected chi connectivity index (χ2v) is 7.37. The summed E-state index contributed by atoms with van der Waals surface area (Å²) >= 11 is 0. The highest BCUT2D eigenvalue weighted by atomic mass is 16.2. The van der Waals surface area contributed by atoms with E-state index in [4.69, 9.17) is 0 Å². The molecule has 3 aliphatic rings.